The van der Waals surface area contributed by atoms with Gasteiger partial charge in [-0.15, -0.1) is 0 Å². The summed E-state index contributed by atoms with van der Waals surface area (Å²) in [6.45, 7) is 1.99. The fourth-order valence-corrected chi connectivity index (χ4v) is 2.52. The molecule has 2 heterocycles. The fraction of sp³-hybridized carbons (Fsp3) is 0.0769. The summed E-state index contributed by atoms with van der Waals surface area (Å²) < 4.78 is 2.48. The molecule has 0 aliphatic heterocycles. The van der Waals surface area contributed by atoms with E-state index in [4.69, 9.17) is 0 Å². The van der Waals surface area contributed by atoms with Crippen LogP contribution in [0.5, 0.6) is 0 Å². The number of fused-ring (bicyclic) bond motifs is 1. The topological polar surface area (TPSA) is 50.7 Å². The number of pyridine rings is 1. The van der Waals surface area contributed by atoms with Gasteiger partial charge in [0.15, 0.2) is 0 Å². The monoisotopic (exact) mass is 303 g/mol. The van der Waals surface area contributed by atoms with Crippen LogP contribution in [0.4, 0.5) is 0 Å². The maximum absolute atomic E-state index is 11.7. The zero-order chi connectivity index (χ0) is 12.7. The molecule has 0 spiro atoms. The Morgan fingerprint density at radius 2 is 2.17 bits per heavy atom. The van der Waals surface area contributed by atoms with Crippen LogP contribution >= 0.6 is 15.9 Å². The SMILES string of the molecule is Cc1cc(Br)cc2[nH]c(-n3ccccc3=O)nc12. The molecule has 0 atom stereocenters. The third-order valence-electron chi connectivity index (χ3n) is 2.78. The van der Waals surface area contributed by atoms with Crippen LogP contribution in [0, 0.1) is 6.92 Å². The molecule has 18 heavy (non-hydrogen) atoms. The Morgan fingerprint density at radius 1 is 1.33 bits per heavy atom. The van der Waals surface area contributed by atoms with Crippen LogP contribution in [0.3, 0.4) is 0 Å². The third-order valence-corrected chi connectivity index (χ3v) is 3.24. The second kappa shape index (κ2) is 4.10. The van der Waals surface area contributed by atoms with Crippen LogP contribution in [0.1, 0.15) is 5.56 Å². The molecule has 90 valence electrons. The highest BCUT2D eigenvalue weighted by Gasteiger charge is 2.08. The molecular weight excluding hydrogens is 294 g/mol. The zero-order valence-electron chi connectivity index (χ0n) is 9.64. The van der Waals surface area contributed by atoms with Gasteiger partial charge in [-0.25, -0.2) is 4.98 Å². The van der Waals surface area contributed by atoms with Gasteiger partial charge in [-0.05, 0) is 30.7 Å². The number of hydrogen-bond acceptors (Lipinski definition) is 2. The fourth-order valence-electron chi connectivity index (χ4n) is 1.95. The minimum atomic E-state index is -0.103. The number of nitrogens with zero attached hydrogens (tertiary/aromatic N) is 2. The van der Waals surface area contributed by atoms with Crippen LogP contribution in [-0.2, 0) is 0 Å². The van der Waals surface area contributed by atoms with E-state index in [9.17, 15) is 4.79 Å². The van der Waals surface area contributed by atoms with E-state index in [0.717, 1.165) is 21.1 Å². The van der Waals surface area contributed by atoms with Crippen molar-refractivity contribution in [3.05, 3.63) is 56.9 Å². The van der Waals surface area contributed by atoms with Gasteiger partial charge in [0.05, 0.1) is 11.0 Å². The standard InChI is InChI=1S/C13H10BrN3O/c1-8-6-9(14)7-10-12(8)16-13(15-10)17-5-3-2-4-11(17)18/h2-7H,1H3,(H,15,16). The molecular formula is C13H10BrN3O. The minimum Gasteiger partial charge on any atom is -0.323 e. The van der Waals surface area contributed by atoms with E-state index in [0.29, 0.717) is 5.95 Å². The second-order valence-corrected chi connectivity index (χ2v) is 5.00. The van der Waals surface area contributed by atoms with Gasteiger partial charge in [-0.1, -0.05) is 22.0 Å². The van der Waals surface area contributed by atoms with E-state index in [-0.39, 0.29) is 5.56 Å². The average molecular weight is 304 g/mol. The first kappa shape index (κ1) is 11.2. The van der Waals surface area contributed by atoms with Crippen LogP contribution in [0.15, 0.2) is 45.8 Å². The lowest BCUT2D eigenvalue weighted by molar-refractivity contribution is 0.918. The first-order chi connectivity index (χ1) is 8.65. The van der Waals surface area contributed by atoms with Gasteiger partial charge in [0.2, 0.25) is 5.95 Å². The van der Waals surface area contributed by atoms with Gasteiger partial charge in [0.25, 0.3) is 5.56 Å². The predicted molar refractivity (Wildman–Crippen MR) is 74.1 cm³/mol. The molecule has 0 saturated heterocycles. The summed E-state index contributed by atoms with van der Waals surface area (Å²) in [5.41, 5.74) is 2.75. The Bertz CT molecular complexity index is 788. The lowest BCUT2D eigenvalue weighted by Crippen LogP contribution is -2.16. The lowest BCUT2D eigenvalue weighted by atomic mass is 10.2. The van der Waals surface area contributed by atoms with Crippen molar-refractivity contribution < 1.29 is 0 Å². The number of hydrogen-bond donors (Lipinski definition) is 1. The van der Waals surface area contributed by atoms with Crippen molar-refractivity contribution in [2.45, 2.75) is 6.92 Å². The molecule has 3 aromatic rings. The molecule has 1 N–H and O–H groups in total. The van der Waals surface area contributed by atoms with Crippen LogP contribution in [0.25, 0.3) is 17.0 Å². The largest absolute Gasteiger partial charge is 0.323 e. The van der Waals surface area contributed by atoms with E-state index in [2.05, 4.69) is 25.9 Å². The van der Waals surface area contributed by atoms with Crippen molar-refractivity contribution >= 4 is 27.0 Å². The molecule has 0 bridgehead atoms. The number of benzene rings is 1. The van der Waals surface area contributed by atoms with Crippen molar-refractivity contribution in [1.82, 2.24) is 14.5 Å². The van der Waals surface area contributed by atoms with Crippen LogP contribution < -0.4 is 5.56 Å². The Morgan fingerprint density at radius 3 is 2.94 bits per heavy atom. The first-order valence-corrected chi connectivity index (χ1v) is 6.28. The van der Waals surface area contributed by atoms with Crippen molar-refractivity contribution in [2.75, 3.05) is 0 Å². The summed E-state index contributed by atoms with van der Waals surface area (Å²) in [5.74, 6) is 0.539. The van der Waals surface area contributed by atoms with Crippen LogP contribution in [-0.4, -0.2) is 14.5 Å². The number of halogens is 1. The first-order valence-electron chi connectivity index (χ1n) is 5.49. The number of aromatic amines is 1. The zero-order valence-corrected chi connectivity index (χ0v) is 11.2. The van der Waals surface area contributed by atoms with Gasteiger partial charge in [-0.3, -0.25) is 9.36 Å². The van der Waals surface area contributed by atoms with Gasteiger partial charge >= 0.3 is 0 Å². The molecule has 0 aliphatic carbocycles. The number of aromatic nitrogens is 3. The highest BCUT2D eigenvalue weighted by atomic mass is 79.9. The number of aryl methyl sites for hydroxylation is 1. The Labute approximate surface area is 111 Å². The Hall–Kier alpha value is -1.88. The van der Waals surface area contributed by atoms with Crippen molar-refractivity contribution in [3.63, 3.8) is 0 Å². The highest BCUT2D eigenvalue weighted by Crippen LogP contribution is 2.22. The lowest BCUT2D eigenvalue weighted by Gasteiger charge is -1.98. The van der Waals surface area contributed by atoms with E-state index < -0.39 is 0 Å². The molecule has 4 nitrogen and oxygen atoms in total. The molecule has 3 rings (SSSR count). The number of H-pyrrole nitrogens is 1. The average Bonchev–Trinajstić information content (AvgIpc) is 2.73. The third kappa shape index (κ3) is 1.76. The van der Waals surface area contributed by atoms with Crippen LogP contribution in [0.2, 0.25) is 0 Å². The number of rotatable bonds is 1. The summed E-state index contributed by atoms with van der Waals surface area (Å²) >= 11 is 3.45. The Balaban J connectivity index is 2.30. The molecule has 5 heteroatoms. The van der Waals surface area contributed by atoms with E-state index in [1.807, 2.05) is 19.1 Å². The van der Waals surface area contributed by atoms with Crippen molar-refractivity contribution in [2.24, 2.45) is 0 Å². The summed E-state index contributed by atoms with van der Waals surface area (Å²) in [6, 6.07) is 8.98. The summed E-state index contributed by atoms with van der Waals surface area (Å²) in [5, 5.41) is 0. The highest BCUT2D eigenvalue weighted by molar-refractivity contribution is 9.10. The molecule has 0 unspecified atom stereocenters. The molecule has 0 aliphatic rings. The molecule has 0 amide bonds. The van der Waals surface area contributed by atoms with Gasteiger partial charge in [-0.2, -0.15) is 0 Å². The van der Waals surface area contributed by atoms with Gasteiger partial charge < -0.3 is 4.98 Å². The quantitative estimate of drug-likeness (QED) is 0.751. The van der Waals surface area contributed by atoms with E-state index in [1.165, 1.54) is 10.6 Å². The number of nitrogens with one attached hydrogen (secondary N) is 1. The normalized spacial score (nSPS) is 11.0. The maximum Gasteiger partial charge on any atom is 0.257 e. The summed E-state index contributed by atoms with van der Waals surface area (Å²) in [4.78, 5) is 19.4. The summed E-state index contributed by atoms with van der Waals surface area (Å²) in [6.07, 6.45) is 1.70. The smallest absolute Gasteiger partial charge is 0.257 e. The summed E-state index contributed by atoms with van der Waals surface area (Å²) in [7, 11) is 0. The van der Waals surface area contributed by atoms with Gasteiger partial charge in [0, 0.05) is 16.7 Å². The Kier molecular flexibility index (Phi) is 2.56. The molecule has 0 radical (unpaired) electrons. The predicted octanol–water partition coefficient (Wildman–Crippen LogP) is 2.78. The second-order valence-electron chi connectivity index (χ2n) is 4.09. The molecule has 1 aromatic carbocycles. The number of imidazole rings is 1. The maximum atomic E-state index is 11.7. The molecule has 0 saturated carbocycles. The molecule has 0 fully saturated rings. The minimum absolute atomic E-state index is 0.103. The van der Waals surface area contributed by atoms with E-state index in [1.54, 1.807) is 18.3 Å². The van der Waals surface area contributed by atoms with E-state index >= 15 is 0 Å². The molecule has 2 aromatic heterocycles. The van der Waals surface area contributed by atoms with Gasteiger partial charge in [0.1, 0.15) is 0 Å². The van der Waals surface area contributed by atoms with Crippen molar-refractivity contribution in [3.8, 4) is 5.95 Å². The van der Waals surface area contributed by atoms with Crippen molar-refractivity contribution in [1.29, 1.82) is 0 Å².